The summed E-state index contributed by atoms with van der Waals surface area (Å²) in [6.07, 6.45) is 3.47. The zero-order valence-corrected chi connectivity index (χ0v) is 10.4. The first-order valence-corrected chi connectivity index (χ1v) is 5.61. The van der Waals surface area contributed by atoms with Crippen LogP contribution in [-0.2, 0) is 0 Å². The Balaban J connectivity index is 2.42. The summed E-state index contributed by atoms with van der Waals surface area (Å²) in [6, 6.07) is 7.49. The second-order valence-electron chi connectivity index (χ2n) is 3.55. The summed E-state index contributed by atoms with van der Waals surface area (Å²) in [5.41, 5.74) is 2.80. The predicted molar refractivity (Wildman–Crippen MR) is 70.8 cm³/mol. The summed E-state index contributed by atoms with van der Waals surface area (Å²) in [7, 11) is 1.87. The van der Waals surface area contributed by atoms with Gasteiger partial charge in [-0.05, 0) is 31.2 Å². The van der Waals surface area contributed by atoms with Crippen LogP contribution >= 0.6 is 11.6 Å². The Morgan fingerprint density at radius 2 is 2.29 bits per heavy atom. The van der Waals surface area contributed by atoms with Crippen molar-refractivity contribution in [2.45, 2.75) is 6.92 Å². The topological polar surface area (TPSA) is 42.2 Å². The summed E-state index contributed by atoms with van der Waals surface area (Å²) in [5, 5.41) is 12.2. The van der Waals surface area contributed by atoms with Crippen LogP contribution in [0.3, 0.4) is 0 Å². The van der Waals surface area contributed by atoms with Crippen molar-refractivity contribution in [3.63, 3.8) is 0 Å². The minimum atomic E-state index is 0.689. The van der Waals surface area contributed by atoms with E-state index in [-0.39, 0.29) is 0 Å². The van der Waals surface area contributed by atoms with E-state index in [1.807, 2.05) is 38.2 Å². The van der Waals surface area contributed by atoms with Crippen molar-refractivity contribution in [1.82, 2.24) is 9.89 Å². The van der Waals surface area contributed by atoms with Gasteiger partial charge in [-0.2, -0.15) is 15.0 Å². The van der Waals surface area contributed by atoms with E-state index in [9.17, 15) is 0 Å². The summed E-state index contributed by atoms with van der Waals surface area (Å²) in [5.74, 6) is 0. The van der Waals surface area contributed by atoms with E-state index >= 15 is 0 Å². The van der Waals surface area contributed by atoms with E-state index in [4.69, 9.17) is 11.6 Å². The van der Waals surface area contributed by atoms with Gasteiger partial charge in [0.25, 0.3) is 0 Å². The number of rotatable bonds is 3. The first kappa shape index (κ1) is 11.7. The van der Waals surface area contributed by atoms with Gasteiger partial charge >= 0.3 is 0 Å². The van der Waals surface area contributed by atoms with Crippen molar-refractivity contribution in [3.05, 3.63) is 47.2 Å². The second-order valence-corrected chi connectivity index (χ2v) is 3.99. The third-order valence-corrected chi connectivity index (χ3v) is 2.62. The molecule has 4 nitrogen and oxygen atoms in total. The Morgan fingerprint density at radius 3 is 2.94 bits per heavy atom. The maximum Gasteiger partial charge on any atom is 0.0693 e. The number of anilines is 1. The van der Waals surface area contributed by atoms with Gasteiger partial charge in [-0.1, -0.05) is 11.6 Å². The lowest BCUT2D eigenvalue weighted by molar-refractivity contribution is 0.740. The molecule has 2 rings (SSSR count). The van der Waals surface area contributed by atoms with Crippen molar-refractivity contribution in [2.24, 2.45) is 5.10 Å². The second kappa shape index (κ2) is 5.01. The average Bonchev–Trinajstić information content (AvgIpc) is 2.81. The van der Waals surface area contributed by atoms with Gasteiger partial charge < -0.3 is 5.32 Å². The largest absolute Gasteiger partial charge is 0.388 e. The van der Waals surface area contributed by atoms with Crippen LogP contribution in [0, 0.1) is 0 Å². The molecule has 0 amide bonds. The standard InChI is InChI=1S/C12H13ClN4/c1-9(16-17-7-3-6-15-17)11-8-10(13)4-5-12(11)14-2/h3-8,14H,1-2H3/b16-9+. The van der Waals surface area contributed by atoms with Gasteiger partial charge in [0, 0.05) is 23.3 Å². The van der Waals surface area contributed by atoms with E-state index in [2.05, 4.69) is 15.5 Å². The highest BCUT2D eigenvalue weighted by Crippen LogP contribution is 2.21. The van der Waals surface area contributed by atoms with Gasteiger partial charge in [0.05, 0.1) is 18.1 Å². The fraction of sp³-hybridized carbons (Fsp3) is 0.167. The lowest BCUT2D eigenvalue weighted by Crippen LogP contribution is -2.04. The van der Waals surface area contributed by atoms with Crippen LogP contribution < -0.4 is 5.32 Å². The molecule has 0 spiro atoms. The minimum absolute atomic E-state index is 0.689. The highest BCUT2D eigenvalue weighted by molar-refractivity contribution is 6.31. The molecule has 0 saturated carbocycles. The zero-order valence-electron chi connectivity index (χ0n) is 9.68. The minimum Gasteiger partial charge on any atom is -0.388 e. The summed E-state index contributed by atoms with van der Waals surface area (Å²) in [4.78, 5) is 1.52. The maximum atomic E-state index is 5.99. The first-order valence-electron chi connectivity index (χ1n) is 5.23. The molecule has 17 heavy (non-hydrogen) atoms. The fourth-order valence-corrected chi connectivity index (χ4v) is 1.73. The number of nitrogens with one attached hydrogen (secondary N) is 1. The molecule has 5 heteroatoms. The Kier molecular flexibility index (Phi) is 3.44. The Bertz CT molecular complexity index is 531. The van der Waals surface area contributed by atoms with Crippen LogP contribution in [0.25, 0.3) is 0 Å². The van der Waals surface area contributed by atoms with Crippen molar-refractivity contribution in [3.8, 4) is 0 Å². The molecule has 1 N–H and O–H groups in total. The van der Waals surface area contributed by atoms with Gasteiger partial charge in [-0.15, -0.1) is 0 Å². The molecule has 0 bridgehead atoms. The Morgan fingerprint density at radius 1 is 1.47 bits per heavy atom. The quantitative estimate of drug-likeness (QED) is 0.849. The molecule has 88 valence electrons. The van der Waals surface area contributed by atoms with E-state index in [1.165, 1.54) is 4.79 Å². The predicted octanol–water partition coefficient (Wildman–Crippen LogP) is 2.85. The summed E-state index contributed by atoms with van der Waals surface area (Å²) in [6.45, 7) is 1.92. The zero-order chi connectivity index (χ0) is 12.3. The molecule has 0 fully saturated rings. The molecule has 2 aromatic rings. The van der Waals surface area contributed by atoms with Crippen LogP contribution in [0.4, 0.5) is 5.69 Å². The Labute approximate surface area is 105 Å². The third kappa shape index (κ3) is 2.65. The highest BCUT2D eigenvalue weighted by Gasteiger charge is 2.05. The Hall–Kier alpha value is -1.81. The van der Waals surface area contributed by atoms with Gasteiger partial charge in [0.15, 0.2) is 0 Å². The van der Waals surface area contributed by atoms with Crippen LogP contribution in [0.5, 0.6) is 0 Å². The lowest BCUT2D eigenvalue weighted by atomic mass is 10.1. The molecule has 1 aromatic carbocycles. The van der Waals surface area contributed by atoms with Crippen molar-refractivity contribution in [1.29, 1.82) is 0 Å². The van der Waals surface area contributed by atoms with E-state index in [0.717, 1.165) is 17.0 Å². The van der Waals surface area contributed by atoms with Crippen molar-refractivity contribution in [2.75, 3.05) is 12.4 Å². The van der Waals surface area contributed by atoms with Crippen molar-refractivity contribution < 1.29 is 0 Å². The van der Waals surface area contributed by atoms with Crippen molar-refractivity contribution >= 4 is 23.0 Å². The number of benzene rings is 1. The molecule has 0 radical (unpaired) electrons. The van der Waals surface area contributed by atoms with Crippen LogP contribution in [0.2, 0.25) is 5.02 Å². The number of hydrogen-bond acceptors (Lipinski definition) is 3. The smallest absolute Gasteiger partial charge is 0.0693 e. The lowest BCUT2D eigenvalue weighted by Gasteiger charge is -2.09. The molecule has 0 aliphatic rings. The SMILES string of the molecule is CNc1ccc(Cl)cc1/C(C)=N/n1cccn1. The maximum absolute atomic E-state index is 5.99. The molecule has 1 heterocycles. The summed E-state index contributed by atoms with van der Waals surface area (Å²) < 4.78 is 0. The molecule has 1 aromatic heterocycles. The monoisotopic (exact) mass is 248 g/mol. The number of halogens is 1. The number of hydrogen-bond donors (Lipinski definition) is 1. The highest BCUT2D eigenvalue weighted by atomic mass is 35.5. The first-order chi connectivity index (χ1) is 8.20. The van der Waals surface area contributed by atoms with Gasteiger partial charge in [0.2, 0.25) is 0 Å². The van der Waals surface area contributed by atoms with Crippen LogP contribution in [0.15, 0.2) is 41.8 Å². The normalized spacial score (nSPS) is 11.6. The number of aromatic nitrogens is 2. The van der Waals surface area contributed by atoms with E-state index in [0.29, 0.717) is 5.02 Å². The molecule has 0 saturated heterocycles. The number of nitrogens with zero attached hydrogens (tertiary/aromatic N) is 3. The van der Waals surface area contributed by atoms with E-state index < -0.39 is 0 Å². The average molecular weight is 249 g/mol. The molecular weight excluding hydrogens is 236 g/mol. The third-order valence-electron chi connectivity index (χ3n) is 2.38. The van der Waals surface area contributed by atoms with Gasteiger partial charge in [0.1, 0.15) is 0 Å². The molecule has 0 aliphatic carbocycles. The molecule has 0 atom stereocenters. The molecule has 0 unspecified atom stereocenters. The molecular formula is C12H13ClN4. The van der Waals surface area contributed by atoms with Crippen LogP contribution in [-0.4, -0.2) is 22.6 Å². The van der Waals surface area contributed by atoms with Gasteiger partial charge in [-0.25, -0.2) is 0 Å². The van der Waals surface area contributed by atoms with E-state index in [1.54, 1.807) is 12.4 Å². The fourth-order valence-electron chi connectivity index (χ4n) is 1.56. The van der Waals surface area contributed by atoms with Gasteiger partial charge in [-0.3, -0.25) is 0 Å². The van der Waals surface area contributed by atoms with Crippen LogP contribution in [0.1, 0.15) is 12.5 Å². The summed E-state index contributed by atoms with van der Waals surface area (Å²) >= 11 is 5.99. The molecule has 0 aliphatic heterocycles.